The molecule has 2 rings (SSSR count). The van der Waals surface area contributed by atoms with Crippen LogP contribution in [-0.4, -0.2) is 12.5 Å². The summed E-state index contributed by atoms with van der Waals surface area (Å²) >= 11 is 11.7. The molecule has 0 atom stereocenters. The predicted molar refractivity (Wildman–Crippen MR) is 84.7 cm³/mol. The summed E-state index contributed by atoms with van der Waals surface area (Å²) in [5.74, 6) is -0.226. The minimum Gasteiger partial charge on any atom is -0.376 e. The molecule has 0 radical (unpaired) electrons. The van der Waals surface area contributed by atoms with Crippen LogP contribution >= 0.6 is 23.2 Å². The number of carbonyl (C=O) groups is 1. The molecule has 0 bridgehead atoms. The van der Waals surface area contributed by atoms with E-state index in [0.717, 1.165) is 0 Å². The van der Waals surface area contributed by atoms with E-state index in [1.807, 2.05) is 6.07 Å². The Bertz CT molecular complexity index is 710. The highest BCUT2D eigenvalue weighted by atomic mass is 35.5. The first-order valence-electron chi connectivity index (χ1n) is 6.07. The zero-order chi connectivity index (χ0) is 15.2. The molecule has 2 aromatic rings. The summed E-state index contributed by atoms with van der Waals surface area (Å²) in [5, 5.41) is 15.3. The van der Waals surface area contributed by atoms with Crippen molar-refractivity contribution in [1.29, 1.82) is 5.26 Å². The van der Waals surface area contributed by atoms with Gasteiger partial charge in [0.25, 0.3) is 0 Å². The maximum atomic E-state index is 11.8. The molecule has 106 valence electrons. The average Bonchev–Trinajstić information content (AvgIpc) is 2.49. The van der Waals surface area contributed by atoms with Gasteiger partial charge in [0.2, 0.25) is 5.91 Å². The second-order valence-corrected chi connectivity index (χ2v) is 5.04. The number of nitriles is 1. The Morgan fingerprint density at radius 3 is 2.62 bits per heavy atom. The lowest BCUT2D eigenvalue weighted by molar-refractivity contribution is -0.114. The van der Waals surface area contributed by atoms with Gasteiger partial charge >= 0.3 is 0 Å². The summed E-state index contributed by atoms with van der Waals surface area (Å²) in [6, 6.07) is 13.8. The van der Waals surface area contributed by atoms with Crippen LogP contribution in [0.15, 0.2) is 42.5 Å². The van der Waals surface area contributed by atoms with Gasteiger partial charge in [0, 0.05) is 11.4 Å². The SMILES string of the molecule is N#Cc1cccc(NCC(=O)Nc2ccc(Cl)c(Cl)c2)c1. The third-order valence-corrected chi connectivity index (χ3v) is 3.39. The van der Waals surface area contributed by atoms with E-state index in [2.05, 4.69) is 10.6 Å². The van der Waals surface area contributed by atoms with Gasteiger partial charge in [0.1, 0.15) is 0 Å². The number of nitrogens with one attached hydrogen (secondary N) is 2. The zero-order valence-electron chi connectivity index (χ0n) is 10.9. The third kappa shape index (κ3) is 4.38. The molecule has 0 unspecified atom stereocenters. The molecule has 21 heavy (non-hydrogen) atoms. The van der Waals surface area contributed by atoms with Crippen LogP contribution in [0.1, 0.15) is 5.56 Å². The highest BCUT2D eigenvalue weighted by molar-refractivity contribution is 6.42. The standard InChI is InChI=1S/C15H11Cl2N3O/c16-13-5-4-12(7-14(13)17)20-15(21)9-19-11-3-1-2-10(6-11)8-18/h1-7,19H,9H2,(H,20,21). The number of halogens is 2. The largest absolute Gasteiger partial charge is 0.376 e. The van der Waals surface area contributed by atoms with Gasteiger partial charge in [-0.3, -0.25) is 4.79 Å². The average molecular weight is 320 g/mol. The molecule has 0 aliphatic rings. The molecule has 0 saturated carbocycles. The van der Waals surface area contributed by atoms with Crippen LogP contribution in [0.25, 0.3) is 0 Å². The maximum Gasteiger partial charge on any atom is 0.243 e. The number of anilines is 2. The second kappa shape index (κ2) is 6.98. The first kappa shape index (κ1) is 15.2. The minimum absolute atomic E-state index is 0.0785. The Labute approximate surface area is 132 Å². The highest BCUT2D eigenvalue weighted by Gasteiger charge is 2.05. The molecule has 4 nitrogen and oxygen atoms in total. The molecule has 0 aliphatic heterocycles. The van der Waals surface area contributed by atoms with Gasteiger partial charge < -0.3 is 10.6 Å². The summed E-state index contributed by atoms with van der Waals surface area (Å²) in [6.45, 7) is 0.0785. The minimum atomic E-state index is -0.226. The fourth-order valence-electron chi connectivity index (χ4n) is 1.66. The van der Waals surface area contributed by atoms with Crippen LogP contribution < -0.4 is 10.6 Å². The highest BCUT2D eigenvalue weighted by Crippen LogP contribution is 2.24. The molecular formula is C15H11Cl2N3O. The molecule has 1 amide bonds. The molecule has 0 heterocycles. The number of carbonyl (C=O) groups excluding carboxylic acids is 1. The van der Waals surface area contributed by atoms with E-state index in [9.17, 15) is 4.79 Å². The smallest absolute Gasteiger partial charge is 0.243 e. The number of nitrogens with zero attached hydrogens (tertiary/aromatic N) is 1. The van der Waals surface area contributed by atoms with E-state index in [-0.39, 0.29) is 12.5 Å². The Morgan fingerprint density at radius 1 is 1.10 bits per heavy atom. The first-order valence-corrected chi connectivity index (χ1v) is 6.83. The van der Waals surface area contributed by atoms with Gasteiger partial charge in [-0.2, -0.15) is 5.26 Å². The quantitative estimate of drug-likeness (QED) is 0.897. The van der Waals surface area contributed by atoms with E-state index in [4.69, 9.17) is 28.5 Å². The lowest BCUT2D eigenvalue weighted by Gasteiger charge is -2.08. The van der Waals surface area contributed by atoms with Gasteiger partial charge in [-0.25, -0.2) is 0 Å². The normalized spacial score (nSPS) is 9.76. The van der Waals surface area contributed by atoms with Crippen LogP contribution in [0.3, 0.4) is 0 Å². The van der Waals surface area contributed by atoms with Gasteiger partial charge in [-0.05, 0) is 36.4 Å². The molecular weight excluding hydrogens is 309 g/mol. The number of benzene rings is 2. The van der Waals surface area contributed by atoms with Crippen molar-refractivity contribution in [1.82, 2.24) is 0 Å². The summed E-state index contributed by atoms with van der Waals surface area (Å²) in [5.41, 5.74) is 1.81. The van der Waals surface area contributed by atoms with Gasteiger partial charge in [-0.1, -0.05) is 29.3 Å². The van der Waals surface area contributed by atoms with E-state index < -0.39 is 0 Å². The Balaban J connectivity index is 1.92. The summed E-state index contributed by atoms with van der Waals surface area (Å²) in [6.07, 6.45) is 0. The van der Waals surface area contributed by atoms with Crippen molar-refractivity contribution in [3.8, 4) is 6.07 Å². The number of hydrogen-bond acceptors (Lipinski definition) is 3. The van der Waals surface area contributed by atoms with Gasteiger partial charge in [0.05, 0.1) is 28.2 Å². The molecule has 0 saturated heterocycles. The molecule has 2 aromatic carbocycles. The summed E-state index contributed by atoms with van der Waals surface area (Å²) in [7, 11) is 0. The summed E-state index contributed by atoms with van der Waals surface area (Å²) < 4.78 is 0. The zero-order valence-corrected chi connectivity index (χ0v) is 12.4. The Hall–Kier alpha value is -2.22. The van der Waals surface area contributed by atoms with Gasteiger partial charge in [0.15, 0.2) is 0 Å². The lowest BCUT2D eigenvalue weighted by Crippen LogP contribution is -2.21. The van der Waals surface area contributed by atoms with E-state index in [0.29, 0.717) is 27.0 Å². The van der Waals surface area contributed by atoms with Crippen LogP contribution in [0.4, 0.5) is 11.4 Å². The fraction of sp³-hybridized carbons (Fsp3) is 0.0667. The predicted octanol–water partition coefficient (Wildman–Crippen LogP) is 3.92. The monoisotopic (exact) mass is 319 g/mol. The van der Waals surface area contributed by atoms with Crippen molar-refractivity contribution in [2.75, 3.05) is 17.2 Å². The van der Waals surface area contributed by atoms with Crippen LogP contribution in [0.2, 0.25) is 10.0 Å². The molecule has 2 N–H and O–H groups in total. The van der Waals surface area contributed by atoms with Crippen molar-refractivity contribution < 1.29 is 4.79 Å². The Morgan fingerprint density at radius 2 is 1.90 bits per heavy atom. The van der Waals surface area contributed by atoms with E-state index >= 15 is 0 Å². The van der Waals surface area contributed by atoms with Crippen molar-refractivity contribution >= 4 is 40.5 Å². The van der Waals surface area contributed by atoms with Crippen molar-refractivity contribution in [2.24, 2.45) is 0 Å². The number of rotatable bonds is 4. The molecule has 0 fully saturated rings. The van der Waals surface area contributed by atoms with Crippen molar-refractivity contribution in [3.05, 3.63) is 58.1 Å². The summed E-state index contributed by atoms with van der Waals surface area (Å²) in [4.78, 5) is 11.8. The molecule has 0 aliphatic carbocycles. The van der Waals surface area contributed by atoms with E-state index in [1.165, 1.54) is 0 Å². The van der Waals surface area contributed by atoms with Gasteiger partial charge in [-0.15, -0.1) is 0 Å². The van der Waals surface area contributed by atoms with Crippen molar-refractivity contribution in [3.63, 3.8) is 0 Å². The third-order valence-electron chi connectivity index (χ3n) is 2.65. The fourth-order valence-corrected chi connectivity index (χ4v) is 1.96. The first-order chi connectivity index (χ1) is 10.1. The molecule has 0 aromatic heterocycles. The topological polar surface area (TPSA) is 64.9 Å². The molecule has 6 heteroatoms. The van der Waals surface area contributed by atoms with Crippen LogP contribution in [-0.2, 0) is 4.79 Å². The van der Waals surface area contributed by atoms with E-state index in [1.54, 1.807) is 42.5 Å². The maximum absolute atomic E-state index is 11.8. The number of hydrogen-bond donors (Lipinski definition) is 2. The Kier molecular flexibility index (Phi) is 5.04. The molecule has 0 spiro atoms. The van der Waals surface area contributed by atoms with Crippen LogP contribution in [0, 0.1) is 11.3 Å². The number of amides is 1. The van der Waals surface area contributed by atoms with Crippen molar-refractivity contribution in [2.45, 2.75) is 0 Å². The van der Waals surface area contributed by atoms with Crippen LogP contribution in [0.5, 0.6) is 0 Å². The second-order valence-electron chi connectivity index (χ2n) is 4.22. The lowest BCUT2D eigenvalue weighted by atomic mass is 10.2.